The summed E-state index contributed by atoms with van der Waals surface area (Å²) in [6, 6.07) is 22.1. The van der Waals surface area contributed by atoms with E-state index in [0.29, 0.717) is 61.3 Å². The minimum atomic E-state index is -4.32. The lowest BCUT2D eigenvalue weighted by molar-refractivity contribution is -0.144. The van der Waals surface area contributed by atoms with Gasteiger partial charge in [-0.25, -0.2) is 23.9 Å². The molecule has 2 aromatic carbocycles. The smallest absolute Gasteiger partial charge is 0.435 e. The Balaban J connectivity index is 0.000000252. The summed E-state index contributed by atoms with van der Waals surface area (Å²) in [5.41, 5.74) is 2.53. The Kier molecular flexibility index (Phi) is 31.0. The van der Waals surface area contributed by atoms with Crippen LogP contribution in [-0.4, -0.2) is 224 Å². The fourth-order valence-electron chi connectivity index (χ4n) is 12.2. The number of ether oxygens (including phenoxy) is 1. The van der Waals surface area contributed by atoms with Gasteiger partial charge in [-0.1, -0.05) is 67.6 Å². The van der Waals surface area contributed by atoms with Gasteiger partial charge in [0.15, 0.2) is 17.5 Å². The lowest BCUT2D eigenvalue weighted by Crippen LogP contribution is -2.61. The van der Waals surface area contributed by atoms with Crippen LogP contribution in [0.2, 0.25) is 0 Å². The number of nitrogens with one attached hydrogen (secondary N) is 3. The van der Waals surface area contributed by atoms with Gasteiger partial charge in [0.1, 0.15) is 12.1 Å². The molecule has 4 saturated heterocycles. The number of aldehydes is 1. The largest absolute Gasteiger partial charge is 0.448 e. The van der Waals surface area contributed by atoms with Gasteiger partial charge in [-0.05, 0) is 87.3 Å². The third-order valence-electron chi connectivity index (χ3n) is 17.8. The molecule has 7 heterocycles. The van der Waals surface area contributed by atoms with Crippen molar-refractivity contribution in [2.45, 2.75) is 213 Å². The Morgan fingerprint density at radius 3 is 1.50 bits per heavy atom. The second-order valence-corrected chi connectivity index (χ2v) is 26.4. The summed E-state index contributed by atoms with van der Waals surface area (Å²) in [5.74, 6) is -0.273. The predicted molar refractivity (Wildman–Crippen MR) is 349 cm³/mol. The van der Waals surface area contributed by atoms with E-state index < -0.39 is 67.8 Å². The molecule has 0 unspecified atom stereocenters. The maximum Gasteiger partial charge on any atom is 0.435 e. The van der Waals surface area contributed by atoms with E-state index in [9.17, 15) is 66.7 Å². The predicted octanol–water partition coefficient (Wildman–Crippen LogP) is 12.8. The number of carbonyl (C=O) groups is 3. The van der Waals surface area contributed by atoms with Crippen molar-refractivity contribution in [3.05, 3.63) is 101 Å². The van der Waals surface area contributed by atoms with Crippen LogP contribution in [-0.2, 0) is 41.1 Å². The molecule has 552 valence electrons. The van der Waals surface area contributed by atoms with Crippen molar-refractivity contribution in [2.75, 3.05) is 83.9 Å². The number of fused-ring (bicyclic) bond motifs is 1. The maximum atomic E-state index is 14.6. The van der Waals surface area contributed by atoms with Crippen molar-refractivity contribution < 1.29 is 76.2 Å². The zero-order valence-electron chi connectivity index (χ0n) is 58.2. The normalized spacial score (nSPS) is 23.5. The first-order valence-electron chi connectivity index (χ1n) is 33.3. The Hall–Kier alpha value is -6.25. The van der Waals surface area contributed by atoms with Gasteiger partial charge in [-0.15, -0.1) is 5.10 Å². The molecule has 98 heavy (non-hydrogen) atoms. The van der Waals surface area contributed by atoms with Crippen LogP contribution in [0, 0.1) is 5.82 Å². The summed E-state index contributed by atoms with van der Waals surface area (Å²) in [6.45, 7) is 31.2. The second kappa shape index (κ2) is 36.9. The Morgan fingerprint density at radius 1 is 0.602 bits per heavy atom. The number of amides is 2. The van der Waals surface area contributed by atoms with Crippen LogP contribution >= 0.6 is 0 Å². The molecule has 31 heteroatoms. The quantitative estimate of drug-likeness (QED) is 0.0761. The topological polar surface area (TPSA) is 163 Å². The van der Waals surface area contributed by atoms with Gasteiger partial charge in [-0.3, -0.25) is 24.5 Å². The summed E-state index contributed by atoms with van der Waals surface area (Å²) in [6.07, 6.45) is -19.8. The molecule has 5 aliphatic heterocycles. The molecule has 9 rings (SSSR count). The summed E-state index contributed by atoms with van der Waals surface area (Å²) >= 11 is 0. The second-order valence-electron chi connectivity index (χ2n) is 26.4. The summed E-state index contributed by atoms with van der Waals surface area (Å²) in [5, 5.41) is 14.0. The Morgan fingerprint density at radius 2 is 1.04 bits per heavy atom. The van der Waals surface area contributed by atoms with Crippen LogP contribution in [0.15, 0.2) is 66.9 Å². The van der Waals surface area contributed by atoms with Crippen molar-refractivity contribution in [3.63, 3.8) is 0 Å². The fraction of sp³-hybridized carbons (Fsp3) is 0.672. The molecule has 0 aliphatic carbocycles. The van der Waals surface area contributed by atoms with E-state index in [0.717, 1.165) is 50.1 Å². The zero-order valence-corrected chi connectivity index (χ0v) is 58.2. The summed E-state index contributed by atoms with van der Waals surface area (Å²) < 4.78 is 165. The number of halogens is 13. The first kappa shape index (κ1) is 82.4. The first-order valence-corrected chi connectivity index (χ1v) is 33.3. The van der Waals surface area contributed by atoms with Gasteiger partial charge in [0.25, 0.3) is 0 Å². The molecule has 3 N–H and O–H groups in total. The molecule has 0 saturated carbocycles. The van der Waals surface area contributed by atoms with Gasteiger partial charge in [-0.2, -0.15) is 57.4 Å². The number of hydrogen-bond acceptors (Lipinski definition) is 15. The molecule has 2 aromatic heterocycles. The van der Waals surface area contributed by atoms with E-state index in [1.54, 1.807) is 49.3 Å². The zero-order chi connectivity index (χ0) is 73.1. The maximum absolute atomic E-state index is 14.6. The number of piperazine rings is 4. The molecular formula is C67H99F13N14O4. The standard InChI is InChI=1S/C26H36F4N8O3.C16H23F3N2.C13H20N2.C9H17F3N2.C3H3F3O/c1-7-19-31-11-18(27)22(32-19)33-21-17-14-37(25(5,6)20(17)38(34-21)24(40)41-8-2)23(39)36-13-15(3)35(12-16(36)4)10-9-26(28,29)30;1-13-11-21(12-15-6-4-3-5-7-15)14(2)10-20(13)9-8-16(17,18)19;1-11-9-15(12(2)8-14-11)10-13-6-4-3-5-7-13;1-7-6-14(8(2)5-13-7)4-3-9(10,11)12;4-3(5,6)1-2-7/h11,15-16H,7-10,12-14H2,1-6H3,(H,31,32,33,34);3-7,13-14H,8-12H2,1-2H3;3-7,11-12,14H,8-10H2,1-2H3;7-8,13H,3-6H2,1-2H3;2H,1H2/t15-,16+;13-,14+;11-,12+;7-,8+;/m1110./s1. The summed E-state index contributed by atoms with van der Waals surface area (Å²) in [7, 11) is 0. The van der Waals surface area contributed by atoms with Crippen molar-refractivity contribution in [2.24, 2.45) is 0 Å². The van der Waals surface area contributed by atoms with E-state index >= 15 is 0 Å². The number of alkyl halides is 12. The molecule has 8 atom stereocenters. The fourth-order valence-corrected chi connectivity index (χ4v) is 12.2. The third kappa shape index (κ3) is 26.4. The molecular weight excluding hydrogens is 1310 g/mol. The molecule has 0 spiro atoms. The highest BCUT2D eigenvalue weighted by atomic mass is 19.4. The van der Waals surface area contributed by atoms with Gasteiger partial charge >= 0.3 is 36.8 Å². The van der Waals surface area contributed by atoms with Crippen LogP contribution in [0.25, 0.3) is 0 Å². The molecule has 18 nitrogen and oxygen atoms in total. The monoisotopic (exact) mass is 1410 g/mol. The van der Waals surface area contributed by atoms with Crippen molar-refractivity contribution in [3.8, 4) is 0 Å². The van der Waals surface area contributed by atoms with Crippen molar-refractivity contribution >= 4 is 30.0 Å². The van der Waals surface area contributed by atoms with Crippen LogP contribution in [0.5, 0.6) is 0 Å². The highest BCUT2D eigenvalue weighted by Gasteiger charge is 2.50. The van der Waals surface area contributed by atoms with Gasteiger partial charge in [0.2, 0.25) is 0 Å². The SMILES string of the molecule is CCOC(=O)n1nc(Nc2nc(CC)ncc2F)c2c1C(C)(C)N(C(=O)N1C[C@@H](C)N(CCC(F)(F)F)C[C@@H]1C)C2.C[C@@H]1CN(Cc2ccccc2)[C@@H](C)CN1.C[C@@H]1CN(Cc2ccccc2)[C@@H](C)CN1CCC(F)(F)F.C[C@@H]1CN[C@@H](C)CN1CCC(F)(F)F.O=CCC(F)(F)F. The average Bonchev–Trinajstić information content (AvgIpc) is 1.56. The van der Waals surface area contributed by atoms with Crippen molar-refractivity contribution in [1.29, 1.82) is 0 Å². The van der Waals surface area contributed by atoms with Crippen LogP contribution in [0.1, 0.15) is 137 Å². The molecule has 5 aliphatic rings. The molecule has 2 amide bonds. The Bertz CT molecular complexity index is 3070. The third-order valence-corrected chi connectivity index (χ3v) is 17.8. The van der Waals surface area contributed by atoms with Gasteiger partial charge < -0.3 is 35.3 Å². The number of aromatic nitrogens is 4. The van der Waals surface area contributed by atoms with E-state index in [4.69, 9.17) is 9.53 Å². The summed E-state index contributed by atoms with van der Waals surface area (Å²) in [4.78, 5) is 57.9. The van der Waals surface area contributed by atoms with Gasteiger partial charge in [0, 0.05) is 145 Å². The number of nitrogens with zero attached hydrogens (tertiary/aromatic N) is 11. The first-order chi connectivity index (χ1) is 45.7. The minimum absolute atomic E-state index is 0.0473. The van der Waals surface area contributed by atoms with E-state index in [2.05, 4.69) is 104 Å². The van der Waals surface area contributed by atoms with Crippen LogP contribution in [0.4, 0.5) is 78.3 Å². The van der Waals surface area contributed by atoms with E-state index in [-0.39, 0.29) is 93.5 Å². The number of anilines is 2. The average molecular weight is 1410 g/mol. The highest BCUT2D eigenvalue weighted by molar-refractivity contribution is 5.80. The number of hydrogen-bond donors (Lipinski definition) is 3. The molecule has 0 radical (unpaired) electrons. The number of aryl methyl sites for hydroxylation is 1. The Labute approximate surface area is 567 Å². The highest BCUT2D eigenvalue weighted by Crippen LogP contribution is 2.44. The number of rotatable bonds is 15. The lowest BCUT2D eigenvalue weighted by atomic mass is 10.00. The molecule has 0 bridgehead atoms. The lowest BCUT2D eigenvalue weighted by Gasteiger charge is -2.47. The molecule has 4 aromatic rings. The number of benzene rings is 2. The van der Waals surface area contributed by atoms with Gasteiger partial charge in [0.05, 0.1) is 56.3 Å². The van der Waals surface area contributed by atoms with Crippen LogP contribution < -0.4 is 16.0 Å². The molecule has 4 fully saturated rings. The van der Waals surface area contributed by atoms with Crippen molar-refractivity contribution in [1.82, 2.24) is 64.7 Å². The minimum Gasteiger partial charge on any atom is -0.448 e. The van der Waals surface area contributed by atoms with Crippen LogP contribution in [0.3, 0.4) is 0 Å². The number of carbonyl (C=O) groups excluding carboxylic acids is 3. The van der Waals surface area contributed by atoms with E-state index in [1.807, 2.05) is 55.7 Å². The van der Waals surface area contributed by atoms with E-state index in [1.165, 1.54) is 11.1 Å². The number of urea groups is 1.